The molecule has 0 aromatic heterocycles. The highest BCUT2D eigenvalue weighted by molar-refractivity contribution is 4.92. The van der Waals surface area contributed by atoms with Gasteiger partial charge < -0.3 is 0 Å². The van der Waals surface area contributed by atoms with Crippen molar-refractivity contribution < 1.29 is 0 Å². The molecule has 9 heavy (non-hydrogen) atoms. The lowest BCUT2D eigenvalue weighted by Gasteiger charge is -2.23. The second-order valence-corrected chi connectivity index (χ2v) is 2.79. The highest BCUT2D eigenvalue weighted by atomic mass is 15.4. The molecule has 2 fully saturated rings. The van der Waals surface area contributed by atoms with Gasteiger partial charge in [0.1, 0.15) is 5.79 Å². The Balaban J connectivity index is 2.04. The molecular formula is C6H13N3. The lowest BCUT2D eigenvalue weighted by molar-refractivity contribution is 0.304. The van der Waals surface area contributed by atoms with Crippen LogP contribution < -0.4 is 16.0 Å². The van der Waals surface area contributed by atoms with Gasteiger partial charge in [-0.15, -0.1) is 0 Å². The lowest BCUT2D eigenvalue weighted by Crippen LogP contribution is -2.56. The molecule has 2 aliphatic heterocycles. The van der Waals surface area contributed by atoms with Crippen LogP contribution in [0.4, 0.5) is 0 Å². The van der Waals surface area contributed by atoms with Crippen molar-refractivity contribution in [1.29, 1.82) is 0 Å². The van der Waals surface area contributed by atoms with E-state index in [2.05, 4.69) is 16.0 Å². The van der Waals surface area contributed by atoms with E-state index in [0.717, 1.165) is 19.6 Å². The van der Waals surface area contributed by atoms with Gasteiger partial charge in [0.2, 0.25) is 0 Å². The smallest absolute Gasteiger partial charge is 0.123 e. The fourth-order valence-corrected chi connectivity index (χ4v) is 1.66. The summed E-state index contributed by atoms with van der Waals surface area (Å²) in [7, 11) is 0. The fraction of sp³-hybridized carbons (Fsp3) is 1.00. The van der Waals surface area contributed by atoms with E-state index in [1.807, 2.05) is 0 Å². The Kier molecular flexibility index (Phi) is 1.22. The van der Waals surface area contributed by atoms with Gasteiger partial charge in [0.15, 0.2) is 0 Å². The molecular weight excluding hydrogens is 114 g/mol. The van der Waals surface area contributed by atoms with Crippen molar-refractivity contribution in [3.8, 4) is 0 Å². The van der Waals surface area contributed by atoms with Crippen LogP contribution in [-0.4, -0.2) is 25.4 Å². The van der Waals surface area contributed by atoms with E-state index in [1.54, 1.807) is 0 Å². The SMILES string of the molecule is C1CNC2(C1)NCCN2. The number of hydrogen-bond acceptors (Lipinski definition) is 3. The Morgan fingerprint density at radius 1 is 0.889 bits per heavy atom. The first-order chi connectivity index (χ1) is 4.41. The zero-order valence-electron chi connectivity index (χ0n) is 5.54. The second-order valence-electron chi connectivity index (χ2n) is 2.79. The van der Waals surface area contributed by atoms with Crippen LogP contribution in [-0.2, 0) is 0 Å². The minimum Gasteiger partial charge on any atom is -0.287 e. The Bertz CT molecular complexity index is 83.4. The van der Waals surface area contributed by atoms with Crippen molar-refractivity contribution in [3.63, 3.8) is 0 Å². The molecule has 0 atom stereocenters. The van der Waals surface area contributed by atoms with Gasteiger partial charge in [0.05, 0.1) is 0 Å². The standard InChI is InChI=1S/C6H13N3/c1-2-6(7-3-1)8-4-5-9-6/h7-9H,1-5H2. The molecule has 0 aromatic rings. The van der Waals surface area contributed by atoms with E-state index in [4.69, 9.17) is 0 Å². The Hall–Kier alpha value is -0.120. The van der Waals surface area contributed by atoms with E-state index < -0.39 is 0 Å². The summed E-state index contributed by atoms with van der Waals surface area (Å²) >= 11 is 0. The highest BCUT2D eigenvalue weighted by Crippen LogP contribution is 2.14. The van der Waals surface area contributed by atoms with Crippen LogP contribution in [0.25, 0.3) is 0 Å². The van der Waals surface area contributed by atoms with Crippen molar-refractivity contribution in [2.24, 2.45) is 0 Å². The molecule has 1 spiro atoms. The van der Waals surface area contributed by atoms with Gasteiger partial charge in [0, 0.05) is 13.1 Å². The maximum atomic E-state index is 3.41. The molecule has 0 aromatic carbocycles. The summed E-state index contributed by atoms with van der Waals surface area (Å²) in [5.41, 5.74) is 0. The van der Waals surface area contributed by atoms with Gasteiger partial charge in [-0.2, -0.15) is 0 Å². The predicted octanol–water partition coefficient (Wildman–Crippen LogP) is -0.784. The predicted molar refractivity (Wildman–Crippen MR) is 36.0 cm³/mol. The molecule has 0 unspecified atom stereocenters. The number of nitrogens with one attached hydrogen (secondary N) is 3. The van der Waals surface area contributed by atoms with E-state index in [0.29, 0.717) is 0 Å². The van der Waals surface area contributed by atoms with E-state index in [-0.39, 0.29) is 5.79 Å². The van der Waals surface area contributed by atoms with Crippen LogP contribution in [0.2, 0.25) is 0 Å². The van der Waals surface area contributed by atoms with Gasteiger partial charge >= 0.3 is 0 Å². The topological polar surface area (TPSA) is 36.1 Å². The summed E-state index contributed by atoms with van der Waals surface area (Å²) in [6, 6.07) is 0. The Morgan fingerprint density at radius 2 is 1.56 bits per heavy atom. The second kappa shape index (κ2) is 1.94. The summed E-state index contributed by atoms with van der Waals surface area (Å²) in [6.45, 7) is 3.36. The Labute approximate surface area is 55.2 Å². The van der Waals surface area contributed by atoms with Gasteiger partial charge in [0.25, 0.3) is 0 Å². The molecule has 2 heterocycles. The van der Waals surface area contributed by atoms with Crippen LogP contribution in [0, 0.1) is 0 Å². The van der Waals surface area contributed by atoms with Gasteiger partial charge in [-0.05, 0) is 19.4 Å². The van der Waals surface area contributed by atoms with Crippen LogP contribution in [0.15, 0.2) is 0 Å². The molecule has 0 aliphatic carbocycles. The third kappa shape index (κ3) is 0.852. The number of rotatable bonds is 0. The largest absolute Gasteiger partial charge is 0.287 e. The quantitative estimate of drug-likeness (QED) is 0.399. The van der Waals surface area contributed by atoms with Crippen LogP contribution >= 0.6 is 0 Å². The minimum absolute atomic E-state index is 0.139. The van der Waals surface area contributed by atoms with Gasteiger partial charge in [-0.1, -0.05) is 0 Å². The monoisotopic (exact) mass is 127 g/mol. The third-order valence-electron chi connectivity index (χ3n) is 2.13. The van der Waals surface area contributed by atoms with E-state index >= 15 is 0 Å². The molecule has 3 heteroatoms. The molecule has 0 bridgehead atoms. The van der Waals surface area contributed by atoms with Crippen molar-refractivity contribution in [2.45, 2.75) is 18.6 Å². The summed E-state index contributed by atoms with van der Waals surface area (Å²) < 4.78 is 0. The van der Waals surface area contributed by atoms with Crippen molar-refractivity contribution in [3.05, 3.63) is 0 Å². The first-order valence-corrected chi connectivity index (χ1v) is 3.66. The highest BCUT2D eigenvalue weighted by Gasteiger charge is 2.34. The molecule has 0 radical (unpaired) electrons. The number of hydrogen-bond donors (Lipinski definition) is 3. The molecule has 3 nitrogen and oxygen atoms in total. The molecule has 0 saturated carbocycles. The van der Waals surface area contributed by atoms with Crippen LogP contribution in [0.1, 0.15) is 12.8 Å². The van der Waals surface area contributed by atoms with Crippen LogP contribution in [0.3, 0.4) is 0 Å². The summed E-state index contributed by atoms with van der Waals surface area (Å²) in [4.78, 5) is 0. The lowest BCUT2D eigenvalue weighted by atomic mass is 10.3. The van der Waals surface area contributed by atoms with Crippen molar-refractivity contribution in [1.82, 2.24) is 16.0 Å². The van der Waals surface area contributed by atoms with Crippen molar-refractivity contribution >= 4 is 0 Å². The first kappa shape index (κ1) is 5.65. The first-order valence-electron chi connectivity index (χ1n) is 3.66. The molecule has 3 N–H and O–H groups in total. The van der Waals surface area contributed by atoms with E-state index in [9.17, 15) is 0 Å². The molecule has 2 rings (SSSR count). The summed E-state index contributed by atoms with van der Waals surface area (Å²) in [5.74, 6) is 0.139. The average molecular weight is 127 g/mol. The zero-order chi connectivity index (χ0) is 6.16. The molecule has 2 aliphatic rings. The Morgan fingerprint density at radius 3 is 2.11 bits per heavy atom. The molecule has 0 amide bonds. The van der Waals surface area contributed by atoms with Crippen LogP contribution in [0.5, 0.6) is 0 Å². The average Bonchev–Trinajstić information content (AvgIpc) is 2.45. The fourth-order valence-electron chi connectivity index (χ4n) is 1.66. The van der Waals surface area contributed by atoms with Gasteiger partial charge in [-0.25, -0.2) is 0 Å². The van der Waals surface area contributed by atoms with E-state index in [1.165, 1.54) is 12.8 Å². The van der Waals surface area contributed by atoms with Crippen molar-refractivity contribution in [2.75, 3.05) is 19.6 Å². The zero-order valence-corrected chi connectivity index (χ0v) is 5.54. The maximum absolute atomic E-state index is 3.41. The minimum atomic E-state index is 0.139. The normalized spacial score (nSPS) is 32.0. The maximum Gasteiger partial charge on any atom is 0.123 e. The summed E-state index contributed by atoms with van der Waals surface area (Å²) in [6.07, 6.45) is 2.52. The third-order valence-corrected chi connectivity index (χ3v) is 2.13. The van der Waals surface area contributed by atoms with Gasteiger partial charge in [-0.3, -0.25) is 16.0 Å². The molecule has 52 valence electrons. The molecule has 2 saturated heterocycles. The summed E-state index contributed by atoms with van der Waals surface area (Å²) in [5, 5.41) is 10.2.